The Morgan fingerprint density at radius 1 is 1.00 bits per heavy atom. The molecule has 2 aliphatic heterocycles. The van der Waals surface area contributed by atoms with Gasteiger partial charge in [0, 0.05) is 23.9 Å². The quantitative estimate of drug-likeness (QED) is 0.742. The van der Waals surface area contributed by atoms with Crippen LogP contribution >= 0.6 is 0 Å². The first kappa shape index (κ1) is 22.0. The summed E-state index contributed by atoms with van der Waals surface area (Å²) >= 11 is 0. The van der Waals surface area contributed by atoms with E-state index in [2.05, 4.69) is 32.6 Å². The molecule has 30 heavy (non-hydrogen) atoms. The molecule has 162 valence electrons. The lowest BCUT2D eigenvalue weighted by molar-refractivity contribution is -0.155. The maximum atomic E-state index is 13.2. The van der Waals surface area contributed by atoms with Crippen LogP contribution in [0.1, 0.15) is 74.1 Å². The van der Waals surface area contributed by atoms with Gasteiger partial charge in [0.25, 0.3) is 11.8 Å². The van der Waals surface area contributed by atoms with Gasteiger partial charge < -0.3 is 5.73 Å². The summed E-state index contributed by atoms with van der Waals surface area (Å²) in [6, 6.07) is 6.17. The number of nitrogens with two attached hydrogens (primary N) is 1. The average molecular weight is 415 g/mol. The van der Waals surface area contributed by atoms with Gasteiger partial charge in [0.15, 0.2) is 0 Å². The minimum Gasteiger partial charge on any atom is -0.370 e. The largest absolute Gasteiger partial charge is 0.370 e. The van der Waals surface area contributed by atoms with E-state index in [-0.39, 0.29) is 41.1 Å². The van der Waals surface area contributed by atoms with Crippen LogP contribution in [-0.4, -0.2) is 62.7 Å². The maximum absolute atomic E-state index is 13.2. The molecule has 0 spiro atoms. The Bertz CT molecular complexity index is 855. The van der Waals surface area contributed by atoms with Crippen molar-refractivity contribution in [2.45, 2.75) is 70.5 Å². The monoisotopic (exact) mass is 414 g/mol. The predicted octanol–water partition coefficient (Wildman–Crippen LogP) is 1.94. The zero-order chi connectivity index (χ0) is 22.4. The van der Waals surface area contributed by atoms with Crippen LogP contribution in [0.2, 0.25) is 0 Å². The topological polar surface area (TPSA) is 104 Å². The number of primary amides is 1. The predicted molar refractivity (Wildman–Crippen MR) is 111 cm³/mol. The molecule has 1 aromatic rings. The molecule has 2 heterocycles. The summed E-state index contributed by atoms with van der Waals surface area (Å²) in [4.78, 5) is 53.0. The van der Waals surface area contributed by atoms with Crippen molar-refractivity contribution < 1.29 is 19.2 Å². The van der Waals surface area contributed by atoms with Crippen LogP contribution in [0.25, 0.3) is 0 Å². The number of hydrazine groups is 1. The number of benzene rings is 1. The maximum Gasteiger partial charge on any atom is 0.280 e. The Morgan fingerprint density at radius 2 is 1.47 bits per heavy atom. The number of rotatable bonds is 5. The highest BCUT2D eigenvalue weighted by Gasteiger charge is 2.50. The number of hydrogen-bond donors (Lipinski definition) is 1. The normalized spacial score (nSPS) is 20.9. The van der Waals surface area contributed by atoms with Gasteiger partial charge in [0.05, 0.1) is 17.2 Å². The Labute approximate surface area is 176 Å². The van der Waals surface area contributed by atoms with Crippen LogP contribution < -0.4 is 5.73 Å². The molecular weight excluding hydrogens is 384 g/mol. The third-order valence-corrected chi connectivity index (χ3v) is 6.46. The first-order valence-electron chi connectivity index (χ1n) is 10.2. The highest BCUT2D eigenvalue weighted by Crippen LogP contribution is 2.40. The molecule has 0 bridgehead atoms. The Balaban J connectivity index is 2.02. The molecule has 8 heteroatoms. The molecule has 0 unspecified atom stereocenters. The number of hydrogen-bond acceptors (Lipinski definition) is 5. The third-order valence-electron chi connectivity index (χ3n) is 6.46. The molecule has 1 fully saturated rings. The van der Waals surface area contributed by atoms with E-state index in [9.17, 15) is 19.2 Å². The van der Waals surface area contributed by atoms with Crippen LogP contribution in [0.4, 0.5) is 0 Å². The minimum atomic E-state index is -0.602. The van der Waals surface area contributed by atoms with Gasteiger partial charge in [0.1, 0.15) is 0 Å². The van der Waals surface area contributed by atoms with Gasteiger partial charge in [-0.3, -0.25) is 24.1 Å². The lowest BCUT2D eigenvalue weighted by atomic mass is 9.77. The van der Waals surface area contributed by atoms with E-state index in [4.69, 9.17) is 5.73 Å². The lowest BCUT2D eigenvalue weighted by Crippen LogP contribution is -2.66. The van der Waals surface area contributed by atoms with Gasteiger partial charge in [-0.15, -0.1) is 0 Å². The number of amides is 4. The highest BCUT2D eigenvalue weighted by atomic mass is 16.2. The molecule has 0 atom stereocenters. The van der Waals surface area contributed by atoms with Crippen LogP contribution in [0.15, 0.2) is 24.3 Å². The van der Waals surface area contributed by atoms with Gasteiger partial charge in [-0.05, 0) is 59.7 Å². The third kappa shape index (κ3) is 3.71. The molecule has 8 nitrogen and oxygen atoms in total. The van der Waals surface area contributed by atoms with Crippen molar-refractivity contribution in [3.8, 4) is 0 Å². The van der Waals surface area contributed by atoms with Gasteiger partial charge in [-0.25, -0.2) is 5.01 Å². The fourth-order valence-corrected chi connectivity index (χ4v) is 4.69. The molecule has 3 rings (SSSR count). The van der Waals surface area contributed by atoms with E-state index < -0.39 is 23.6 Å². The fraction of sp³-hybridized carbons (Fsp3) is 0.545. The molecule has 0 aliphatic carbocycles. The van der Waals surface area contributed by atoms with Crippen molar-refractivity contribution in [1.29, 1.82) is 0 Å². The summed E-state index contributed by atoms with van der Waals surface area (Å²) in [6.07, 6.45) is 0.846. The van der Waals surface area contributed by atoms with E-state index in [0.717, 1.165) is 5.01 Å². The van der Waals surface area contributed by atoms with Gasteiger partial charge in [0.2, 0.25) is 11.8 Å². The number of carbonyl (C=O) groups excluding carboxylic acids is 4. The molecule has 2 aliphatic rings. The molecule has 0 aromatic heterocycles. The van der Waals surface area contributed by atoms with E-state index in [1.165, 1.54) is 5.01 Å². The Kier molecular flexibility index (Phi) is 5.49. The number of fused-ring (bicyclic) bond motifs is 1. The van der Waals surface area contributed by atoms with E-state index >= 15 is 0 Å². The van der Waals surface area contributed by atoms with Gasteiger partial charge in [-0.2, -0.15) is 5.01 Å². The van der Waals surface area contributed by atoms with Crippen molar-refractivity contribution in [1.82, 2.24) is 14.9 Å². The summed E-state index contributed by atoms with van der Waals surface area (Å²) in [5, 5.41) is 2.26. The second kappa shape index (κ2) is 7.50. The number of imide groups is 1. The minimum absolute atomic E-state index is 0.141. The molecule has 1 aromatic carbocycles. The molecule has 0 saturated carbocycles. The van der Waals surface area contributed by atoms with Crippen LogP contribution in [0.3, 0.4) is 0 Å². The molecule has 0 radical (unpaired) electrons. The fourth-order valence-electron chi connectivity index (χ4n) is 4.69. The number of likely N-dealkylation sites (tertiary alicyclic amines) is 1. The highest BCUT2D eigenvalue weighted by molar-refractivity contribution is 6.21. The SMILES string of the molecule is CN1C(C)(C)CC(N(C(=O)CCC(N)=O)N2C(=O)c3ccccc3C2=O)CC1(C)C. The zero-order valence-corrected chi connectivity index (χ0v) is 18.3. The van der Waals surface area contributed by atoms with E-state index in [1.807, 2.05) is 7.05 Å². The van der Waals surface area contributed by atoms with Crippen LogP contribution in [-0.2, 0) is 9.59 Å². The number of piperidine rings is 1. The smallest absolute Gasteiger partial charge is 0.280 e. The second-order valence-electron chi connectivity index (χ2n) is 9.42. The molecular formula is C22H30N4O4. The van der Waals surface area contributed by atoms with E-state index in [1.54, 1.807) is 24.3 Å². The molecule has 4 amide bonds. The Morgan fingerprint density at radius 3 is 1.90 bits per heavy atom. The lowest BCUT2D eigenvalue weighted by Gasteiger charge is -2.56. The molecule has 2 N–H and O–H groups in total. The second-order valence-corrected chi connectivity index (χ2v) is 9.42. The van der Waals surface area contributed by atoms with Gasteiger partial charge in [-0.1, -0.05) is 12.1 Å². The zero-order valence-electron chi connectivity index (χ0n) is 18.3. The van der Waals surface area contributed by atoms with Crippen molar-refractivity contribution >= 4 is 23.6 Å². The standard InChI is InChI=1S/C22H30N4O4/c1-21(2)12-14(13-22(3,4)24(21)5)25(18(28)11-10-17(23)27)26-19(29)15-8-6-7-9-16(15)20(26)30/h6-9,14H,10-13H2,1-5H3,(H2,23,27). The summed E-state index contributed by atoms with van der Waals surface area (Å²) in [5.74, 6) is -2.09. The first-order valence-corrected chi connectivity index (χ1v) is 10.2. The van der Waals surface area contributed by atoms with E-state index in [0.29, 0.717) is 12.8 Å². The summed E-state index contributed by atoms with van der Waals surface area (Å²) < 4.78 is 0. The summed E-state index contributed by atoms with van der Waals surface area (Å²) in [6.45, 7) is 8.31. The van der Waals surface area contributed by atoms with Crippen LogP contribution in [0.5, 0.6) is 0 Å². The number of carbonyl (C=O) groups is 4. The van der Waals surface area contributed by atoms with Crippen molar-refractivity contribution in [3.63, 3.8) is 0 Å². The van der Waals surface area contributed by atoms with Crippen molar-refractivity contribution in [2.75, 3.05) is 7.05 Å². The van der Waals surface area contributed by atoms with Crippen molar-refractivity contribution in [3.05, 3.63) is 35.4 Å². The van der Waals surface area contributed by atoms with Gasteiger partial charge >= 0.3 is 0 Å². The van der Waals surface area contributed by atoms with Crippen LogP contribution in [0, 0.1) is 0 Å². The molecule has 1 saturated heterocycles. The Hall–Kier alpha value is -2.74. The number of nitrogens with zero attached hydrogens (tertiary/aromatic N) is 3. The average Bonchev–Trinajstić information content (AvgIpc) is 2.90. The summed E-state index contributed by atoms with van der Waals surface area (Å²) in [5.41, 5.74) is 5.25. The summed E-state index contributed by atoms with van der Waals surface area (Å²) in [7, 11) is 2.04. The first-order chi connectivity index (χ1) is 13.9. The van der Waals surface area contributed by atoms with Crippen molar-refractivity contribution in [2.24, 2.45) is 5.73 Å².